The summed E-state index contributed by atoms with van der Waals surface area (Å²) >= 11 is 0. The molecule has 0 aliphatic heterocycles. The van der Waals surface area contributed by atoms with Gasteiger partial charge < -0.3 is 5.73 Å². The van der Waals surface area contributed by atoms with Crippen LogP contribution in [0.5, 0.6) is 0 Å². The van der Waals surface area contributed by atoms with E-state index in [0.717, 1.165) is 24.5 Å². The zero-order valence-corrected chi connectivity index (χ0v) is 11.5. The van der Waals surface area contributed by atoms with Crippen molar-refractivity contribution in [1.82, 2.24) is 0 Å². The fourth-order valence-corrected chi connectivity index (χ4v) is 4.35. The van der Waals surface area contributed by atoms with Gasteiger partial charge in [0.15, 0.2) is 0 Å². The molecule has 0 radical (unpaired) electrons. The second-order valence-electron chi connectivity index (χ2n) is 6.62. The summed E-state index contributed by atoms with van der Waals surface area (Å²) in [5.74, 6) is 0. The van der Waals surface area contributed by atoms with E-state index in [2.05, 4.69) is 0 Å². The van der Waals surface area contributed by atoms with Gasteiger partial charge >= 0.3 is 6.18 Å². The number of benzene rings is 1. The molecule has 1 aromatic carbocycles. The molecular weight excluding hydrogens is 263 g/mol. The van der Waals surface area contributed by atoms with Gasteiger partial charge in [-0.05, 0) is 42.7 Å². The van der Waals surface area contributed by atoms with Crippen LogP contribution < -0.4 is 5.73 Å². The van der Waals surface area contributed by atoms with Crippen molar-refractivity contribution in [3.63, 3.8) is 0 Å². The van der Waals surface area contributed by atoms with E-state index in [9.17, 15) is 13.2 Å². The fourth-order valence-electron chi connectivity index (χ4n) is 4.35. The molecule has 0 aromatic heterocycles. The topological polar surface area (TPSA) is 26.0 Å². The van der Waals surface area contributed by atoms with E-state index in [1.54, 1.807) is 0 Å². The van der Waals surface area contributed by atoms with Crippen LogP contribution in [0.4, 0.5) is 13.2 Å². The largest absolute Gasteiger partial charge is 0.416 e. The lowest BCUT2D eigenvalue weighted by Gasteiger charge is -2.55. The predicted molar refractivity (Wildman–Crippen MR) is 72.3 cm³/mol. The highest BCUT2D eigenvalue weighted by Crippen LogP contribution is 2.62. The molecule has 0 heterocycles. The van der Waals surface area contributed by atoms with Crippen LogP contribution in [0.25, 0.3) is 0 Å². The molecule has 4 heteroatoms. The predicted octanol–water partition coefficient (Wildman–Crippen LogP) is 4.26. The van der Waals surface area contributed by atoms with Gasteiger partial charge in [0, 0.05) is 12.0 Å². The van der Waals surface area contributed by atoms with Gasteiger partial charge in [-0.25, -0.2) is 0 Å². The Morgan fingerprint density at radius 1 is 1.10 bits per heavy atom. The molecule has 0 bridgehead atoms. The Morgan fingerprint density at radius 3 is 2.30 bits per heavy atom. The van der Waals surface area contributed by atoms with Gasteiger partial charge in [-0.3, -0.25) is 0 Å². The molecule has 2 N–H and O–H groups in total. The van der Waals surface area contributed by atoms with Gasteiger partial charge in [0.25, 0.3) is 0 Å². The molecule has 0 amide bonds. The Morgan fingerprint density at radius 2 is 1.75 bits per heavy atom. The van der Waals surface area contributed by atoms with Crippen molar-refractivity contribution in [2.45, 2.75) is 50.1 Å². The lowest BCUT2D eigenvalue weighted by atomic mass is 9.49. The van der Waals surface area contributed by atoms with Crippen LogP contribution in [0.1, 0.15) is 49.7 Å². The summed E-state index contributed by atoms with van der Waals surface area (Å²) in [5.41, 5.74) is 6.28. The molecule has 2 fully saturated rings. The van der Waals surface area contributed by atoms with Crippen molar-refractivity contribution in [1.29, 1.82) is 0 Å². The van der Waals surface area contributed by atoms with E-state index in [-0.39, 0.29) is 5.41 Å². The number of alkyl halides is 3. The second kappa shape index (κ2) is 4.48. The van der Waals surface area contributed by atoms with Crippen LogP contribution in [-0.2, 0) is 11.6 Å². The highest BCUT2D eigenvalue weighted by Gasteiger charge is 2.55. The van der Waals surface area contributed by atoms with Crippen molar-refractivity contribution in [3.05, 3.63) is 35.4 Å². The number of hydrogen-bond donors (Lipinski definition) is 1. The Kier molecular flexibility index (Phi) is 3.12. The Labute approximate surface area is 117 Å². The molecule has 0 saturated heterocycles. The summed E-state index contributed by atoms with van der Waals surface area (Å²) in [7, 11) is 0. The Balaban J connectivity index is 1.88. The lowest BCUT2D eigenvalue weighted by molar-refractivity contribution is -0.137. The van der Waals surface area contributed by atoms with Gasteiger partial charge in [-0.1, -0.05) is 31.0 Å². The number of nitrogens with two attached hydrogens (primary N) is 1. The average molecular weight is 283 g/mol. The minimum atomic E-state index is -4.28. The van der Waals surface area contributed by atoms with E-state index in [0.29, 0.717) is 12.0 Å². The molecule has 110 valence electrons. The third-order valence-electron chi connectivity index (χ3n) is 5.28. The summed E-state index contributed by atoms with van der Waals surface area (Å²) in [6.07, 6.45) is 2.57. The van der Waals surface area contributed by atoms with Gasteiger partial charge in [0.2, 0.25) is 0 Å². The third kappa shape index (κ3) is 2.14. The highest BCUT2D eigenvalue weighted by atomic mass is 19.4. The zero-order chi connectivity index (χ0) is 14.4. The van der Waals surface area contributed by atoms with E-state index in [4.69, 9.17) is 5.73 Å². The molecule has 1 aromatic rings. The third-order valence-corrected chi connectivity index (χ3v) is 5.28. The molecule has 2 aliphatic carbocycles. The van der Waals surface area contributed by atoms with Gasteiger partial charge in [-0.2, -0.15) is 13.2 Å². The van der Waals surface area contributed by atoms with E-state index in [1.165, 1.54) is 37.8 Å². The second-order valence-corrected chi connectivity index (χ2v) is 6.62. The first-order chi connectivity index (χ1) is 9.39. The standard InChI is InChI=1S/C16H20F3N/c17-16(18,19)13-5-3-4-12(8-13)15(11-20)9-14(10-15)6-1-2-7-14/h3-5,8H,1-2,6-7,9-11,20H2. The quantitative estimate of drug-likeness (QED) is 0.862. The minimum Gasteiger partial charge on any atom is -0.330 e. The maximum atomic E-state index is 12.8. The Hall–Kier alpha value is -1.03. The summed E-state index contributed by atoms with van der Waals surface area (Å²) in [6, 6.07) is 5.76. The summed E-state index contributed by atoms with van der Waals surface area (Å²) in [4.78, 5) is 0. The summed E-state index contributed by atoms with van der Waals surface area (Å²) < 4.78 is 38.5. The molecule has 1 spiro atoms. The van der Waals surface area contributed by atoms with Crippen molar-refractivity contribution in [2.24, 2.45) is 11.1 Å². The summed E-state index contributed by atoms with van der Waals surface area (Å²) in [5, 5.41) is 0. The normalized spacial score (nSPS) is 23.8. The van der Waals surface area contributed by atoms with E-state index in [1.807, 2.05) is 6.07 Å². The van der Waals surface area contributed by atoms with Gasteiger partial charge in [0.1, 0.15) is 0 Å². The first kappa shape index (κ1) is 13.9. The molecule has 2 aliphatic rings. The molecule has 0 atom stereocenters. The van der Waals surface area contributed by atoms with Gasteiger partial charge in [0.05, 0.1) is 5.56 Å². The van der Waals surface area contributed by atoms with E-state index < -0.39 is 11.7 Å². The van der Waals surface area contributed by atoms with Crippen molar-refractivity contribution in [3.8, 4) is 0 Å². The first-order valence-corrected chi connectivity index (χ1v) is 7.27. The summed E-state index contributed by atoms with van der Waals surface area (Å²) in [6.45, 7) is 0.441. The SMILES string of the molecule is NCC1(c2cccc(C(F)(F)F)c2)CC2(CCCC2)C1. The van der Waals surface area contributed by atoms with Crippen molar-refractivity contribution in [2.75, 3.05) is 6.54 Å². The fraction of sp³-hybridized carbons (Fsp3) is 0.625. The maximum Gasteiger partial charge on any atom is 0.416 e. The van der Waals surface area contributed by atoms with E-state index >= 15 is 0 Å². The van der Waals surface area contributed by atoms with Crippen LogP contribution in [0.15, 0.2) is 24.3 Å². The number of hydrogen-bond acceptors (Lipinski definition) is 1. The van der Waals surface area contributed by atoms with Crippen LogP contribution >= 0.6 is 0 Å². The maximum absolute atomic E-state index is 12.8. The van der Waals surface area contributed by atoms with Crippen LogP contribution in [0.2, 0.25) is 0 Å². The average Bonchev–Trinajstić information content (AvgIpc) is 2.84. The Bertz CT molecular complexity index is 493. The number of rotatable bonds is 2. The highest BCUT2D eigenvalue weighted by molar-refractivity contribution is 5.36. The minimum absolute atomic E-state index is 0.231. The molecule has 2 saturated carbocycles. The van der Waals surface area contributed by atoms with Crippen molar-refractivity contribution >= 4 is 0 Å². The lowest BCUT2D eigenvalue weighted by Crippen LogP contribution is -2.52. The van der Waals surface area contributed by atoms with Gasteiger partial charge in [-0.15, -0.1) is 0 Å². The molecule has 3 rings (SSSR count). The van der Waals surface area contributed by atoms with Crippen LogP contribution in [0.3, 0.4) is 0 Å². The van der Waals surface area contributed by atoms with Crippen LogP contribution in [0, 0.1) is 5.41 Å². The molecule has 1 nitrogen and oxygen atoms in total. The molecular formula is C16H20F3N. The molecule has 20 heavy (non-hydrogen) atoms. The smallest absolute Gasteiger partial charge is 0.330 e. The van der Waals surface area contributed by atoms with Crippen molar-refractivity contribution < 1.29 is 13.2 Å². The zero-order valence-electron chi connectivity index (χ0n) is 11.5. The number of halogens is 3. The monoisotopic (exact) mass is 283 g/mol. The first-order valence-electron chi connectivity index (χ1n) is 7.27. The van der Waals surface area contributed by atoms with Crippen LogP contribution in [-0.4, -0.2) is 6.54 Å². The molecule has 0 unspecified atom stereocenters.